The van der Waals surface area contributed by atoms with Crippen LogP contribution >= 0.6 is 11.3 Å². The average Bonchev–Trinajstić information content (AvgIpc) is 2.94. The van der Waals surface area contributed by atoms with Gasteiger partial charge in [-0.1, -0.05) is 32.9 Å². The monoisotopic (exact) mass is 366 g/mol. The molecule has 0 radical (unpaired) electrons. The molecule has 1 heterocycles. The molecule has 0 bridgehead atoms. The quantitative estimate of drug-likeness (QED) is 0.681. The molecular weight excluding hydrogens is 339 g/mol. The summed E-state index contributed by atoms with van der Waals surface area (Å²) in [6, 6.07) is 8.08. The van der Waals surface area contributed by atoms with Gasteiger partial charge in [0, 0.05) is 11.5 Å². The lowest BCUT2D eigenvalue weighted by Gasteiger charge is -2.36. The van der Waals surface area contributed by atoms with E-state index in [-0.39, 0.29) is 10.9 Å². The second-order valence-electron chi connectivity index (χ2n) is 7.62. The van der Waals surface area contributed by atoms with Gasteiger partial charge in [0.2, 0.25) is 0 Å². The summed E-state index contributed by atoms with van der Waals surface area (Å²) in [6.45, 7) is 11.8. The van der Waals surface area contributed by atoms with Gasteiger partial charge in [-0.05, 0) is 59.3 Å². The van der Waals surface area contributed by atoms with Crippen LogP contribution in [0.2, 0.25) is 18.1 Å². The Morgan fingerprint density at radius 1 is 1.17 bits per heavy atom. The summed E-state index contributed by atoms with van der Waals surface area (Å²) in [5.74, 6) is -0.292. The van der Waals surface area contributed by atoms with Crippen LogP contribution in [0.3, 0.4) is 0 Å². The van der Waals surface area contributed by atoms with Crippen molar-refractivity contribution >= 4 is 19.7 Å². The van der Waals surface area contributed by atoms with Gasteiger partial charge in [-0.15, -0.1) is 11.3 Å². The van der Waals surface area contributed by atoms with Crippen LogP contribution < -0.4 is 0 Å². The number of hydrogen-bond donors (Lipinski definition) is 1. The molecule has 5 heteroatoms. The fourth-order valence-electron chi connectivity index (χ4n) is 2.22. The highest BCUT2D eigenvalue weighted by Crippen LogP contribution is 2.37. The van der Waals surface area contributed by atoms with Crippen molar-refractivity contribution in [3.63, 3.8) is 0 Å². The van der Waals surface area contributed by atoms with Gasteiger partial charge in [0.15, 0.2) is 8.32 Å². The minimum Gasteiger partial charge on any atom is -0.416 e. The third-order valence-electron chi connectivity index (χ3n) is 4.86. The molecule has 0 spiro atoms. The molecule has 1 N–H and O–H groups in total. The molecular formula is C19H27FO2SSi. The summed E-state index contributed by atoms with van der Waals surface area (Å²) in [7, 11) is -1.75. The average molecular weight is 367 g/mol. The lowest BCUT2D eigenvalue weighted by molar-refractivity contribution is 0.222. The molecule has 0 amide bonds. The number of aliphatic hydroxyl groups excluding tert-OH is 1. The van der Waals surface area contributed by atoms with Crippen molar-refractivity contribution in [1.82, 2.24) is 0 Å². The Hall–Kier alpha value is -1.01. The van der Waals surface area contributed by atoms with Gasteiger partial charge >= 0.3 is 0 Å². The summed E-state index contributed by atoms with van der Waals surface area (Å²) in [6.07, 6.45) is 0.0670. The molecule has 0 aliphatic heterocycles. The van der Waals surface area contributed by atoms with Crippen molar-refractivity contribution in [2.45, 2.75) is 51.4 Å². The van der Waals surface area contributed by atoms with Gasteiger partial charge < -0.3 is 9.53 Å². The third-order valence-corrected chi connectivity index (χ3v) is 10.4. The molecule has 2 nitrogen and oxygen atoms in total. The summed E-state index contributed by atoms with van der Waals surface area (Å²) >= 11 is 1.53. The largest absolute Gasteiger partial charge is 0.416 e. The van der Waals surface area contributed by atoms with Crippen molar-refractivity contribution in [1.29, 1.82) is 0 Å². The second-order valence-corrected chi connectivity index (χ2v) is 13.4. The SMILES string of the molecule is CC(C)(C)[Si](C)(C)OCCc1ccsc1C(O)c1ccc(F)cc1. The zero-order chi connectivity index (χ0) is 18.0. The first-order valence-electron chi connectivity index (χ1n) is 8.25. The van der Waals surface area contributed by atoms with E-state index < -0.39 is 14.4 Å². The van der Waals surface area contributed by atoms with E-state index in [0.717, 1.165) is 16.9 Å². The maximum Gasteiger partial charge on any atom is 0.191 e. The molecule has 1 aromatic carbocycles. The first-order valence-corrected chi connectivity index (χ1v) is 12.0. The maximum absolute atomic E-state index is 13.1. The van der Waals surface area contributed by atoms with E-state index in [9.17, 15) is 9.50 Å². The smallest absolute Gasteiger partial charge is 0.191 e. The standard InChI is InChI=1S/C19H27FO2SSi/c1-19(2,3)24(4,5)22-12-10-15-11-13-23-18(15)17(21)14-6-8-16(20)9-7-14/h6-9,11,13,17,21H,10,12H2,1-5H3. The van der Waals surface area contributed by atoms with Crippen LogP contribution in [0.15, 0.2) is 35.7 Å². The summed E-state index contributed by atoms with van der Waals surface area (Å²) in [5, 5.41) is 12.8. The highest BCUT2D eigenvalue weighted by atomic mass is 32.1. The number of thiophene rings is 1. The first-order chi connectivity index (χ1) is 11.1. The second kappa shape index (κ2) is 7.48. The Labute approximate surface area is 149 Å². The lowest BCUT2D eigenvalue weighted by Crippen LogP contribution is -2.41. The van der Waals surface area contributed by atoms with Crippen molar-refractivity contribution < 1.29 is 13.9 Å². The van der Waals surface area contributed by atoms with Crippen LogP contribution in [0.25, 0.3) is 0 Å². The number of benzene rings is 1. The first kappa shape index (κ1) is 19.3. The highest BCUT2D eigenvalue weighted by Gasteiger charge is 2.36. The third kappa shape index (κ3) is 4.54. The van der Waals surface area contributed by atoms with Crippen LogP contribution in [0.5, 0.6) is 0 Å². The van der Waals surface area contributed by atoms with Gasteiger partial charge in [0.05, 0.1) is 0 Å². The Kier molecular flexibility index (Phi) is 6.02. The van der Waals surface area contributed by atoms with E-state index >= 15 is 0 Å². The Morgan fingerprint density at radius 2 is 1.79 bits per heavy atom. The molecule has 0 aliphatic rings. The fraction of sp³-hybridized carbons (Fsp3) is 0.474. The Balaban J connectivity index is 2.04. The van der Waals surface area contributed by atoms with Crippen LogP contribution in [-0.2, 0) is 10.8 Å². The Bertz CT molecular complexity index is 659. The van der Waals surface area contributed by atoms with Gasteiger partial charge in [-0.25, -0.2) is 4.39 Å². The van der Waals surface area contributed by atoms with Crippen LogP contribution in [-0.4, -0.2) is 20.0 Å². The van der Waals surface area contributed by atoms with Crippen LogP contribution in [0, 0.1) is 5.82 Å². The topological polar surface area (TPSA) is 29.5 Å². The number of rotatable bonds is 6. The number of hydrogen-bond acceptors (Lipinski definition) is 3. The van der Waals surface area contributed by atoms with E-state index in [1.807, 2.05) is 11.4 Å². The summed E-state index contributed by atoms with van der Waals surface area (Å²) < 4.78 is 19.3. The molecule has 132 valence electrons. The van der Waals surface area contributed by atoms with Gasteiger partial charge in [0.25, 0.3) is 0 Å². The predicted octanol–water partition coefficient (Wildman–Crippen LogP) is 5.53. The van der Waals surface area contributed by atoms with E-state index in [0.29, 0.717) is 12.2 Å². The normalized spacial score (nSPS) is 14.0. The summed E-state index contributed by atoms with van der Waals surface area (Å²) in [4.78, 5) is 0.917. The molecule has 1 atom stereocenters. The van der Waals surface area contributed by atoms with Crippen molar-refractivity contribution in [2.24, 2.45) is 0 Å². The maximum atomic E-state index is 13.1. The van der Waals surface area contributed by atoms with E-state index in [2.05, 4.69) is 33.9 Å². The summed E-state index contributed by atoms with van der Waals surface area (Å²) in [5.41, 5.74) is 1.82. The molecule has 1 unspecified atom stereocenters. The fourth-order valence-corrected chi connectivity index (χ4v) is 4.23. The van der Waals surface area contributed by atoms with E-state index in [4.69, 9.17) is 4.43 Å². The van der Waals surface area contributed by atoms with Crippen molar-refractivity contribution in [3.8, 4) is 0 Å². The molecule has 0 fully saturated rings. The highest BCUT2D eigenvalue weighted by molar-refractivity contribution is 7.10. The molecule has 0 aliphatic carbocycles. The van der Waals surface area contributed by atoms with E-state index in [1.54, 1.807) is 12.1 Å². The predicted molar refractivity (Wildman–Crippen MR) is 102 cm³/mol. The zero-order valence-corrected chi connectivity index (χ0v) is 16.9. The number of halogens is 1. The minimum atomic E-state index is -1.75. The van der Waals surface area contributed by atoms with Crippen molar-refractivity contribution in [2.75, 3.05) is 6.61 Å². The molecule has 24 heavy (non-hydrogen) atoms. The van der Waals surface area contributed by atoms with Gasteiger partial charge in [0.1, 0.15) is 11.9 Å². The molecule has 0 saturated heterocycles. The minimum absolute atomic E-state index is 0.193. The molecule has 2 aromatic rings. The zero-order valence-electron chi connectivity index (χ0n) is 15.1. The molecule has 1 aromatic heterocycles. The molecule has 2 rings (SSSR count). The van der Waals surface area contributed by atoms with E-state index in [1.165, 1.54) is 23.5 Å². The lowest BCUT2D eigenvalue weighted by atomic mass is 10.0. The van der Waals surface area contributed by atoms with Crippen molar-refractivity contribution in [3.05, 3.63) is 57.5 Å². The molecule has 0 saturated carbocycles. The van der Waals surface area contributed by atoms with Gasteiger partial charge in [-0.3, -0.25) is 0 Å². The van der Waals surface area contributed by atoms with Gasteiger partial charge in [-0.2, -0.15) is 0 Å². The van der Waals surface area contributed by atoms with Crippen LogP contribution in [0.4, 0.5) is 4.39 Å². The number of aliphatic hydroxyl groups is 1. The Morgan fingerprint density at radius 3 is 2.38 bits per heavy atom. The van der Waals surface area contributed by atoms with Crippen LogP contribution in [0.1, 0.15) is 42.9 Å².